The fourth-order valence-corrected chi connectivity index (χ4v) is 3.77. The van der Waals surface area contributed by atoms with E-state index in [0.717, 1.165) is 19.3 Å². The molecular weight excluding hydrogens is 318 g/mol. The van der Waals surface area contributed by atoms with Crippen molar-refractivity contribution in [2.75, 3.05) is 0 Å². The molecule has 2 nitrogen and oxygen atoms in total. The van der Waals surface area contributed by atoms with Crippen LogP contribution in [0.2, 0.25) is 0 Å². The molecule has 0 bridgehead atoms. The van der Waals surface area contributed by atoms with E-state index < -0.39 is 5.72 Å². The zero-order valence-electron chi connectivity index (χ0n) is 17.6. The van der Waals surface area contributed by atoms with Gasteiger partial charge in [-0.05, 0) is 6.42 Å². The van der Waals surface area contributed by atoms with Crippen molar-refractivity contribution in [2.24, 2.45) is 0 Å². The molecule has 1 rings (SSSR count). The monoisotopic (exact) mass is 362 g/mol. The van der Waals surface area contributed by atoms with Crippen LogP contribution in [0.25, 0.3) is 0 Å². The first-order valence-electron chi connectivity index (χ1n) is 11.4. The molecule has 0 saturated carbocycles. The van der Waals surface area contributed by atoms with Crippen LogP contribution in [0.3, 0.4) is 0 Å². The molecule has 0 amide bonds. The second-order valence-electron chi connectivity index (χ2n) is 7.96. The first kappa shape index (κ1) is 23.1. The first-order valence-corrected chi connectivity index (χ1v) is 11.4. The van der Waals surface area contributed by atoms with E-state index in [2.05, 4.69) is 13.8 Å². The van der Waals surface area contributed by atoms with E-state index in [4.69, 9.17) is 0 Å². The quantitative estimate of drug-likeness (QED) is 0.236. The molecule has 0 radical (unpaired) electrons. The predicted octanol–water partition coefficient (Wildman–Crippen LogP) is 6.90. The third-order valence-electron chi connectivity index (χ3n) is 5.69. The smallest absolute Gasteiger partial charge is 0.269 e. The highest BCUT2D eigenvalue weighted by atomic mass is 16.3. The summed E-state index contributed by atoms with van der Waals surface area (Å²) in [5.74, 6) is 0. The van der Waals surface area contributed by atoms with Gasteiger partial charge in [0, 0.05) is 25.0 Å². The lowest BCUT2D eigenvalue weighted by atomic mass is 10.00. The van der Waals surface area contributed by atoms with E-state index >= 15 is 0 Å². The fourth-order valence-electron chi connectivity index (χ4n) is 3.77. The van der Waals surface area contributed by atoms with Crippen LogP contribution < -0.4 is 4.57 Å². The number of rotatable bonds is 17. The van der Waals surface area contributed by atoms with Crippen molar-refractivity contribution < 1.29 is 9.67 Å². The number of hydrogen-bond donors (Lipinski definition) is 1. The molecule has 0 aromatic carbocycles. The largest absolute Gasteiger partial charge is 0.334 e. The SMILES string of the molecule is CCCCCCCCCCCCCCCCC(O)(CC)[n+]1ccccc1. The van der Waals surface area contributed by atoms with Gasteiger partial charge in [0.1, 0.15) is 0 Å². The Labute approximate surface area is 163 Å². The Morgan fingerprint density at radius 3 is 1.46 bits per heavy atom. The lowest BCUT2D eigenvalue weighted by molar-refractivity contribution is -0.809. The number of aromatic nitrogens is 1. The molecule has 1 aromatic rings. The minimum absolute atomic E-state index is 0.710. The summed E-state index contributed by atoms with van der Waals surface area (Å²) in [5, 5.41) is 10.8. The average Bonchev–Trinajstić information content (AvgIpc) is 2.68. The summed E-state index contributed by atoms with van der Waals surface area (Å²) in [6.45, 7) is 4.36. The van der Waals surface area contributed by atoms with Crippen LogP contribution in [0, 0.1) is 0 Å². The van der Waals surface area contributed by atoms with Crippen molar-refractivity contribution in [3.63, 3.8) is 0 Å². The topological polar surface area (TPSA) is 24.1 Å². The highest BCUT2D eigenvalue weighted by Crippen LogP contribution is 2.20. The maximum atomic E-state index is 10.8. The van der Waals surface area contributed by atoms with E-state index in [1.54, 1.807) is 0 Å². The summed E-state index contributed by atoms with van der Waals surface area (Å²) in [7, 11) is 0. The second kappa shape index (κ2) is 15.2. The van der Waals surface area contributed by atoms with Crippen LogP contribution in [0.15, 0.2) is 30.6 Å². The lowest BCUT2D eigenvalue weighted by Crippen LogP contribution is -2.55. The molecule has 0 aliphatic carbocycles. The lowest BCUT2D eigenvalue weighted by Gasteiger charge is -2.20. The Morgan fingerprint density at radius 2 is 1.04 bits per heavy atom. The van der Waals surface area contributed by atoms with Gasteiger partial charge in [-0.25, -0.2) is 0 Å². The minimum Gasteiger partial charge on any atom is -0.334 e. The van der Waals surface area contributed by atoms with Gasteiger partial charge in [0.15, 0.2) is 12.4 Å². The maximum absolute atomic E-state index is 10.8. The molecule has 1 heterocycles. The third kappa shape index (κ3) is 10.3. The van der Waals surface area contributed by atoms with Crippen LogP contribution in [0.5, 0.6) is 0 Å². The molecule has 0 saturated heterocycles. The Hall–Kier alpha value is -0.890. The van der Waals surface area contributed by atoms with E-state index in [-0.39, 0.29) is 0 Å². The van der Waals surface area contributed by atoms with Crippen LogP contribution in [0.1, 0.15) is 117 Å². The van der Waals surface area contributed by atoms with Gasteiger partial charge in [0.2, 0.25) is 0 Å². The van der Waals surface area contributed by atoms with Gasteiger partial charge in [-0.2, -0.15) is 4.57 Å². The van der Waals surface area contributed by atoms with Crippen molar-refractivity contribution in [2.45, 2.75) is 122 Å². The van der Waals surface area contributed by atoms with Gasteiger partial charge < -0.3 is 5.11 Å². The summed E-state index contributed by atoms with van der Waals surface area (Å²) in [5.41, 5.74) is -0.710. The number of nitrogens with zero attached hydrogens (tertiary/aromatic N) is 1. The molecule has 0 fully saturated rings. The number of aliphatic hydroxyl groups is 1. The zero-order chi connectivity index (χ0) is 18.9. The predicted molar refractivity (Wildman–Crippen MR) is 112 cm³/mol. The molecule has 0 spiro atoms. The Kier molecular flexibility index (Phi) is 13.5. The van der Waals surface area contributed by atoms with Gasteiger partial charge >= 0.3 is 0 Å². The Morgan fingerprint density at radius 1 is 0.615 bits per heavy atom. The van der Waals surface area contributed by atoms with Crippen LogP contribution in [-0.4, -0.2) is 5.11 Å². The number of pyridine rings is 1. The van der Waals surface area contributed by atoms with Crippen LogP contribution in [-0.2, 0) is 5.72 Å². The standard InChI is InChI=1S/C24H44NO/c1-3-5-6-7-8-9-10-11-12-13-14-15-16-18-21-24(26,4-2)25-22-19-17-20-23-25/h17,19-20,22-23,26H,3-16,18,21H2,1-2H3/q+1. The molecule has 2 heteroatoms. The van der Waals surface area contributed by atoms with E-state index in [9.17, 15) is 5.11 Å². The van der Waals surface area contributed by atoms with E-state index in [0.29, 0.717) is 0 Å². The highest BCUT2D eigenvalue weighted by molar-refractivity contribution is 4.84. The molecule has 0 aliphatic heterocycles. The van der Waals surface area contributed by atoms with E-state index in [1.807, 2.05) is 35.2 Å². The van der Waals surface area contributed by atoms with Crippen LogP contribution in [0.4, 0.5) is 0 Å². The molecular formula is C24H44NO+. The summed E-state index contributed by atoms with van der Waals surface area (Å²) in [6.07, 6.45) is 24.8. The summed E-state index contributed by atoms with van der Waals surface area (Å²) >= 11 is 0. The normalized spacial score (nSPS) is 13.7. The van der Waals surface area contributed by atoms with Gasteiger partial charge in [0.25, 0.3) is 5.72 Å². The van der Waals surface area contributed by atoms with Crippen molar-refractivity contribution in [1.82, 2.24) is 0 Å². The Bertz CT molecular complexity index is 419. The van der Waals surface area contributed by atoms with Gasteiger partial charge in [-0.15, -0.1) is 0 Å². The minimum atomic E-state index is -0.710. The molecule has 26 heavy (non-hydrogen) atoms. The fraction of sp³-hybridized carbons (Fsp3) is 0.792. The molecule has 1 aromatic heterocycles. The Balaban J connectivity index is 1.94. The third-order valence-corrected chi connectivity index (χ3v) is 5.69. The average molecular weight is 363 g/mol. The van der Waals surface area contributed by atoms with Crippen molar-refractivity contribution in [3.8, 4) is 0 Å². The number of unbranched alkanes of at least 4 members (excludes halogenated alkanes) is 13. The van der Waals surface area contributed by atoms with E-state index in [1.165, 1.54) is 83.5 Å². The zero-order valence-corrected chi connectivity index (χ0v) is 17.6. The van der Waals surface area contributed by atoms with Gasteiger partial charge in [-0.1, -0.05) is 103 Å². The molecule has 0 aliphatic rings. The summed E-state index contributed by atoms with van der Waals surface area (Å²) in [4.78, 5) is 0. The van der Waals surface area contributed by atoms with Crippen LogP contribution >= 0.6 is 0 Å². The highest BCUT2D eigenvalue weighted by Gasteiger charge is 2.33. The molecule has 1 unspecified atom stereocenters. The van der Waals surface area contributed by atoms with Crippen molar-refractivity contribution in [3.05, 3.63) is 30.6 Å². The summed E-state index contributed by atoms with van der Waals surface area (Å²) < 4.78 is 1.97. The molecule has 1 atom stereocenters. The second-order valence-corrected chi connectivity index (χ2v) is 7.96. The van der Waals surface area contributed by atoms with Gasteiger partial charge in [-0.3, -0.25) is 0 Å². The maximum Gasteiger partial charge on any atom is 0.269 e. The first-order chi connectivity index (χ1) is 12.7. The van der Waals surface area contributed by atoms with Crippen molar-refractivity contribution >= 4 is 0 Å². The van der Waals surface area contributed by atoms with Crippen molar-refractivity contribution in [1.29, 1.82) is 0 Å². The molecule has 150 valence electrons. The molecule has 1 N–H and O–H groups in total. The summed E-state index contributed by atoms with van der Waals surface area (Å²) in [6, 6.07) is 5.98. The van der Waals surface area contributed by atoms with Gasteiger partial charge in [0.05, 0.1) is 0 Å². The number of hydrogen-bond acceptors (Lipinski definition) is 1.